The average Bonchev–Trinajstić information content (AvgIpc) is 2.99. The first-order valence-corrected chi connectivity index (χ1v) is 17.7. The van der Waals surface area contributed by atoms with Gasteiger partial charge in [0.05, 0.1) is 22.2 Å². The molecule has 2 aliphatic heterocycles. The van der Waals surface area contributed by atoms with E-state index in [1.807, 2.05) is 25.7 Å². The second-order valence-corrected chi connectivity index (χ2v) is 14.4. The van der Waals surface area contributed by atoms with Crippen LogP contribution in [0.5, 0.6) is 11.5 Å². The number of halogens is 3. The summed E-state index contributed by atoms with van der Waals surface area (Å²) in [4.78, 5) is 14.0. The van der Waals surface area contributed by atoms with Gasteiger partial charge in [0.25, 0.3) is 0 Å². The first-order valence-electron chi connectivity index (χ1n) is 16.1. The van der Waals surface area contributed by atoms with E-state index in [1.165, 1.54) is 24.0 Å². The fraction of sp³-hybridized carbons (Fsp3) is 0.629. The van der Waals surface area contributed by atoms with Gasteiger partial charge in [0.2, 0.25) is 0 Å². The fourth-order valence-electron chi connectivity index (χ4n) is 5.42. The van der Waals surface area contributed by atoms with Crippen molar-refractivity contribution in [3.8, 4) is 11.5 Å². The Labute approximate surface area is 294 Å². The molecule has 0 spiro atoms. The van der Waals surface area contributed by atoms with Gasteiger partial charge in [-0.15, -0.1) is 12.4 Å². The molecule has 0 unspecified atom stereocenters. The molecule has 4 rings (SSSR count). The summed E-state index contributed by atoms with van der Waals surface area (Å²) in [5, 5.41) is 3.41. The molecule has 45 heavy (non-hydrogen) atoms. The zero-order valence-electron chi connectivity index (χ0n) is 27.7. The highest BCUT2D eigenvalue weighted by molar-refractivity contribution is 9.10. The van der Waals surface area contributed by atoms with Crippen molar-refractivity contribution in [2.24, 2.45) is 11.8 Å². The van der Waals surface area contributed by atoms with E-state index in [4.69, 9.17) is 18.9 Å². The molecule has 2 fully saturated rings. The van der Waals surface area contributed by atoms with Crippen molar-refractivity contribution in [3.63, 3.8) is 0 Å². The van der Waals surface area contributed by atoms with Crippen LogP contribution in [0.1, 0.15) is 70.9 Å². The fourth-order valence-corrected chi connectivity index (χ4v) is 6.14. The van der Waals surface area contributed by atoms with Crippen molar-refractivity contribution in [2.45, 2.75) is 78.2 Å². The summed E-state index contributed by atoms with van der Waals surface area (Å²) in [7, 11) is 1.69. The molecule has 7 nitrogen and oxygen atoms in total. The number of benzene rings is 2. The van der Waals surface area contributed by atoms with Gasteiger partial charge in [-0.3, -0.25) is 0 Å². The molecule has 1 N–H and O–H groups in total. The third-order valence-corrected chi connectivity index (χ3v) is 9.08. The summed E-state index contributed by atoms with van der Waals surface area (Å²) in [6.07, 6.45) is 7.56. The van der Waals surface area contributed by atoms with Gasteiger partial charge >= 0.3 is 6.09 Å². The molecular formula is C35H53Br2ClN2O5. The lowest BCUT2D eigenvalue weighted by Gasteiger charge is -2.33. The average molecular weight is 777 g/mol. The summed E-state index contributed by atoms with van der Waals surface area (Å²) in [5.74, 6) is 3.24. The Morgan fingerprint density at radius 2 is 1.36 bits per heavy atom. The largest absolute Gasteiger partial charge is 0.492 e. The lowest BCUT2D eigenvalue weighted by atomic mass is 9.90. The number of carbonyl (C=O) groups excluding carboxylic acids is 1. The second kappa shape index (κ2) is 20.7. The Hall–Kier alpha value is -1.52. The van der Waals surface area contributed by atoms with Crippen LogP contribution in [0.3, 0.4) is 0 Å². The van der Waals surface area contributed by atoms with Gasteiger partial charge in [0, 0.05) is 20.2 Å². The molecule has 10 heteroatoms. The van der Waals surface area contributed by atoms with Crippen LogP contribution in [-0.4, -0.2) is 69.7 Å². The van der Waals surface area contributed by atoms with Crippen LogP contribution in [0, 0.1) is 11.8 Å². The first kappa shape index (κ1) is 39.7. The van der Waals surface area contributed by atoms with E-state index < -0.39 is 5.60 Å². The van der Waals surface area contributed by atoms with E-state index >= 15 is 0 Å². The number of ether oxygens (including phenoxy) is 4. The first-order chi connectivity index (χ1) is 21.1. The Morgan fingerprint density at radius 1 is 0.844 bits per heavy atom. The highest BCUT2D eigenvalue weighted by atomic mass is 79.9. The number of methoxy groups -OCH3 is 1. The number of likely N-dealkylation sites (tertiary alicyclic amines) is 1. The van der Waals surface area contributed by atoms with Gasteiger partial charge in [0.15, 0.2) is 0 Å². The lowest BCUT2D eigenvalue weighted by Crippen LogP contribution is -2.42. The van der Waals surface area contributed by atoms with Crippen LogP contribution in [0.2, 0.25) is 0 Å². The van der Waals surface area contributed by atoms with E-state index in [2.05, 4.69) is 80.5 Å². The highest BCUT2D eigenvalue weighted by Gasteiger charge is 2.27. The molecule has 0 saturated carbocycles. The molecule has 2 aromatic rings. The molecule has 0 bridgehead atoms. The molecule has 2 saturated heterocycles. The summed E-state index contributed by atoms with van der Waals surface area (Å²) >= 11 is 7.08. The number of amides is 1. The predicted molar refractivity (Wildman–Crippen MR) is 192 cm³/mol. The van der Waals surface area contributed by atoms with E-state index in [9.17, 15) is 4.79 Å². The number of nitrogens with one attached hydrogen (secondary N) is 1. The van der Waals surface area contributed by atoms with Crippen LogP contribution < -0.4 is 14.8 Å². The summed E-state index contributed by atoms with van der Waals surface area (Å²) in [6.45, 7) is 13.6. The number of rotatable bonds is 11. The van der Waals surface area contributed by atoms with Crippen molar-refractivity contribution < 1.29 is 23.7 Å². The SMILES string of the molecule is CCCOc1cc(CC2CCN(C(=O)OC(C)(C)C)CC2)ccc1Br.COCCOc1cc(CC2CCNCC2)ccc1Br.Cl. The minimum absolute atomic E-state index is 0. The summed E-state index contributed by atoms with van der Waals surface area (Å²) in [5.41, 5.74) is 2.23. The van der Waals surface area contributed by atoms with E-state index in [1.54, 1.807) is 7.11 Å². The number of carbonyl (C=O) groups is 1. The topological polar surface area (TPSA) is 69.3 Å². The van der Waals surface area contributed by atoms with Crippen LogP contribution in [0.15, 0.2) is 45.3 Å². The minimum atomic E-state index is -0.430. The molecule has 2 aromatic carbocycles. The Balaban J connectivity index is 0.000000317. The Bertz CT molecular complexity index is 1150. The zero-order valence-corrected chi connectivity index (χ0v) is 31.7. The van der Waals surface area contributed by atoms with Gasteiger partial charge in [-0.1, -0.05) is 19.1 Å². The minimum Gasteiger partial charge on any atom is -0.492 e. The van der Waals surface area contributed by atoms with Gasteiger partial charge in [-0.25, -0.2) is 4.79 Å². The molecule has 0 atom stereocenters. The summed E-state index contributed by atoms with van der Waals surface area (Å²) < 4.78 is 24.0. The maximum absolute atomic E-state index is 12.1. The van der Waals surface area contributed by atoms with Crippen LogP contribution in [0.25, 0.3) is 0 Å². The van der Waals surface area contributed by atoms with Gasteiger partial charge in [-0.2, -0.15) is 0 Å². The number of piperidine rings is 2. The quantitative estimate of drug-likeness (QED) is 0.230. The van der Waals surface area contributed by atoms with Gasteiger partial charge in [-0.05, 0) is 158 Å². The van der Waals surface area contributed by atoms with E-state index in [-0.39, 0.29) is 18.5 Å². The standard InChI is InChI=1S/C20H30BrNO3.C15H22BrNO2.ClH/c1-5-12-24-18-14-16(6-7-17(18)21)13-15-8-10-22(11-9-15)19(23)25-20(2,3)4;1-18-8-9-19-15-11-13(2-3-14(15)16)10-12-4-6-17-7-5-12;/h6-7,14-15H,5,8-13H2,1-4H3;2-3,11-12,17H,4-10H2,1H3;1H. The van der Waals surface area contributed by atoms with Crippen LogP contribution in [-0.2, 0) is 22.3 Å². The number of nitrogens with zero attached hydrogens (tertiary/aromatic N) is 1. The van der Waals surface area contributed by atoms with Crippen molar-refractivity contribution >= 4 is 50.4 Å². The van der Waals surface area contributed by atoms with Crippen molar-refractivity contribution in [1.82, 2.24) is 10.2 Å². The molecule has 254 valence electrons. The zero-order chi connectivity index (χ0) is 32.0. The molecule has 2 aliphatic rings. The maximum Gasteiger partial charge on any atom is 0.410 e. The van der Waals surface area contributed by atoms with Crippen LogP contribution in [0.4, 0.5) is 4.79 Å². The molecule has 2 heterocycles. The normalized spacial score (nSPS) is 15.8. The monoisotopic (exact) mass is 774 g/mol. The second-order valence-electron chi connectivity index (χ2n) is 12.7. The Morgan fingerprint density at radius 3 is 1.84 bits per heavy atom. The van der Waals surface area contributed by atoms with Gasteiger partial charge < -0.3 is 29.2 Å². The third-order valence-electron chi connectivity index (χ3n) is 7.77. The third kappa shape index (κ3) is 14.8. The highest BCUT2D eigenvalue weighted by Crippen LogP contribution is 2.30. The van der Waals surface area contributed by atoms with Crippen molar-refractivity contribution in [1.29, 1.82) is 0 Å². The molecule has 0 aliphatic carbocycles. The van der Waals surface area contributed by atoms with Crippen LogP contribution >= 0.6 is 44.3 Å². The molecular weight excluding hydrogens is 724 g/mol. The number of hydrogen-bond acceptors (Lipinski definition) is 6. The van der Waals surface area contributed by atoms with Crippen molar-refractivity contribution in [2.75, 3.05) is 53.1 Å². The van der Waals surface area contributed by atoms with Crippen molar-refractivity contribution in [3.05, 3.63) is 56.5 Å². The van der Waals surface area contributed by atoms with E-state index in [0.717, 1.165) is 91.3 Å². The van der Waals surface area contributed by atoms with E-state index in [0.29, 0.717) is 19.1 Å². The lowest BCUT2D eigenvalue weighted by molar-refractivity contribution is 0.0184. The molecule has 0 aromatic heterocycles. The maximum atomic E-state index is 12.1. The molecule has 1 amide bonds. The number of hydrogen-bond donors (Lipinski definition) is 1. The smallest absolute Gasteiger partial charge is 0.410 e. The summed E-state index contributed by atoms with van der Waals surface area (Å²) in [6, 6.07) is 12.8. The van der Waals surface area contributed by atoms with Gasteiger partial charge in [0.1, 0.15) is 23.7 Å². The molecule has 0 radical (unpaired) electrons. The predicted octanol–water partition coefficient (Wildman–Crippen LogP) is 8.87. The Kier molecular flexibility index (Phi) is 18.2.